The average molecular weight is 417 g/mol. The lowest BCUT2D eigenvalue weighted by Gasteiger charge is -2.16. The van der Waals surface area contributed by atoms with Crippen molar-refractivity contribution in [1.29, 1.82) is 0 Å². The van der Waals surface area contributed by atoms with Gasteiger partial charge in [0.15, 0.2) is 0 Å². The number of carbonyl (C=O) groups is 3. The number of rotatable bonds is 6. The second kappa shape index (κ2) is 8.31. The van der Waals surface area contributed by atoms with Gasteiger partial charge in [-0.05, 0) is 54.1 Å². The standard InChI is InChI=1S/C24H19NO6/c1-29-16-8-10-17(11-9-16)31-24(28)20-13-15(7-12-21(20)30-2)14-25-22(26)18-5-3-4-6-19(18)23(25)27/h3-13H,14H2,1-2H3. The SMILES string of the molecule is COc1ccc(OC(=O)c2cc(CN3C(=O)c4ccccc4C3=O)ccc2OC)cc1. The molecule has 4 rings (SSSR count). The summed E-state index contributed by atoms with van der Waals surface area (Å²) in [5.41, 5.74) is 1.53. The van der Waals surface area contributed by atoms with Crippen molar-refractivity contribution >= 4 is 17.8 Å². The lowest BCUT2D eigenvalue weighted by atomic mass is 10.1. The molecule has 0 aromatic heterocycles. The zero-order chi connectivity index (χ0) is 22.0. The summed E-state index contributed by atoms with van der Waals surface area (Å²) in [6.07, 6.45) is 0. The lowest BCUT2D eigenvalue weighted by Crippen LogP contribution is -2.29. The van der Waals surface area contributed by atoms with E-state index < -0.39 is 5.97 Å². The van der Waals surface area contributed by atoms with Crippen molar-refractivity contribution in [3.05, 3.63) is 89.0 Å². The van der Waals surface area contributed by atoms with E-state index in [1.807, 2.05) is 0 Å². The zero-order valence-corrected chi connectivity index (χ0v) is 17.0. The molecule has 156 valence electrons. The molecule has 0 aliphatic carbocycles. The van der Waals surface area contributed by atoms with Crippen LogP contribution in [0.5, 0.6) is 17.2 Å². The second-order valence-electron chi connectivity index (χ2n) is 6.84. The number of imide groups is 1. The Labute approximate surface area is 178 Å². The van der Waals surface area contributed by atoms with Crippen molar-refractivity contribution in [3.8, 4) is 17.2 Å². The van der Waals surface area contributed by atoms with Crippen LogP contribution in [0.15, 0.2) is 66.7 Å². The predicted molar refractivity (Wildman–Crippen MR) is 112 cm³/mol. The fourth-order valence-electron chi connectivity index (χ4n) is 3.38. The van der Waals surface area contributed by atoms with E-state index in [0.29, 0.717) is 33.9 Å². The molecule has 3 aromatic rings. The van der Waals surface area contributed by atoms with E-state index in [9.17, 15) is 14.4 Å². The first-order valence-electron chi connectivity index (χ1n) is 9.50. The molecule has 0 spiro atoms. The Hall–Kier alpha value is -4.13. The van der Waals surface area contributed by atoms with Gasteiger partial charge >= 0.3 is 5.97 Å². The van der Waals surface area contributed by atoms with Gasteiger partial charge in [0.1, 0.15) is 22.8 Å². The van der Waals surface area contributed by atoms with Gasteiger partial charge in [-0.1, -0.05) is 18.2 Å². The zero-order valence-electron chi connectivity index (χ0n) is 17.0. The predicted octanol–water partition coefficient (Wildman–Crippen LogP) is 3.72. The van der Waals surface area contributed by atoms with Crippen LogP contribution >= 0.6 is 0 Å². The van der Waals surface area contributed by atoms with Gasteiger partial charge in [0, 0.05) is 0 Å². The average Bonchev–Trinajstić information content (AvgIpc) is 3.04. The third-order valence-corrected chi connectivity index (χ3v) is 4.97. The van der Waals surface area contributed by atoms with Crippen molar-refractivity contribution in [2.45, 2.75) is 6.54 Å². The Morgan fingerprint density at radius 3 is 2.00 bits per heavy atom. The van der Waals surface area contributed by atoms with Crippen LogP contribution in [0.4, 0.5) is 0 Å². The highest BCUT2D eigenvalue weighted by Crippen LogP contribution is 2.27. The van der Waals surface area contributed by atoms with Crippen molar-refractivity contribution in [2.75, 3.05) is 14.2 Å². The largest absolute Gasteiger partial charge is 0.497 e. The first kappa shape index (κ1) is 20.2. The molecule has 0 atom stereocenters. The molecule has 0 unspecified atom stereocenters. The molecule has 0 N–H and O–H groups in total. The maximum absolute atomic E-state index is 12.8. The first-order chi connectivity index (χ1) is 15.0. The lowest BCUT2D eigenvalue weighted by molar-refractivity contribution is 0.0642. The van der Waals surface area contributed by atoms with Gasteiger partial charge in [-0.15, -0.1) is 0 Å². The van der Waals surface area contributed by atoms with Crippen LogP contribution in [0.25, 0.3) is 0 Å². The van der Waals surface area contributed by atoms with E-state index in [4.69, 9.17) is 14.2 Å². The smallest absolute Gasteiger partial charge is 0.347 e. The van der Waals surface area contributed by atoms with E-state index in [1.165, 1.54) is 7.11 Å². The summed E-state index contributed by atoms with van der Waals surface area (Å²) in [5.74, 6) is -0.0349. The molecule has 1 aliphatic rings. The summed E-state index contributed by atoms with van der Waals surface area (Å²) in [7, 11) is 3.00. The Morgan fingerprint density at radius 2 is 1.42 bits per heavy atom. The molecule has 0 bridgehead atoms. The number of benzene rings is 3. The summed E-state index contributed by atoms with van der Waals surface area (Å²) in [5, 5.41) is 0. The van der Waals surface area contributed by atoms with Gasteiger partial charge in [-0.25, -0.2) is 4.79 Å². The van der Waals surface area contributed by atoms with Crippen molar-refractivity contribution < 1.29 is 28.6 Å². The van der Waals surface area contributed by atoms with E-state index in [0.717, 1.165) is 4.90 Å². The highest BCUT2D eigenvalue weighted by molar-refractivity contribution is 6.21. The van der Waals surface area contributed by atoms with E-state index in [1.54, 1.807) is 73.8 Å². The molecule has 0 radical (unpaired) electrons. The number of methoxy groups -OCH3 is 2. The molecule has 31 heavy (non-hydrogen) atoms. The number of nitrogens with zero attached hydrogens (tertiary/aromatic N) is 1. The summed E-state index contributed by atoms with van der Waals surface area (Å²) in [6, 6.07) is 18.2. The number of esters is 1. The van der Waals surface area contributed by atoms with Gasteiger partial charge in [-0.2, -0.15) is 0 Å². The summed E-state index contributed by atoms with van der Waals surface area (Å²) in [4.78, 5) is 39.2. The van der Waals surface area contributed by atoms with E-state index in [-0.39, 0.29) is 23.9 Å². The molecule has 0 fully saturated rings. The third kappa shape index (κ3) is 3.85. The van der Waals surface area contributed by atoms with Crippen LogP contribution in [-0.4, -0.2) is 36.9 Å². The maximum Gasteiger partial charge on any atom is 0.347 e. The fraction of sp³-hybridized carbons (Fsp3) is 0.125. The molecule has 0 saturated heterocycles. The number of hydrogen-bond acceptors (Lipinski definition) is 6. The van der Waals surface area contributed by atoms with Gasteiger partial charge in [0.05, 0.1) is 31.9 Å². The summed E-state index contributed by atoms with van der Waals surface area (Å²) in [6.45, 7) is 0.0269. The Bertz CT molecular complexity index is 1130. The second-order valence-corrected chi connectivity index (χ2v) is 6.84. The van der Waals surface area contributed by atoms with Gasteiger partial charge < -0.3 is 14.2 Å². The molecular weight excluding hydrogens is 398 g/mol. The van der Waals surface area contributed by atoms with Gasteiger partial charge in [0.2, 0.25) is 0 Å². The monoisotopic (exact) mass is 417 g/mol. The van der Waals surface area contributed by atoms with Crippen molar-refractivity contribution in [1.82, 2.24) is 4.90 Å². The third-order valence-electron chi connectivity index (χ3n) is 4.97. The summed E-state index contributed by atoms with van der Waals surface area (Å²) >= 11 is 0. The van der Waals surface area contributed by atoms with E-state index >= 15 is 0 Å². The van der Waals surface area contributed by atoms with Crippen LogP contribution in [0.2, 0.25) is 0 Å². The first-order valence-corrected chi connectivity index (χ1v) is 9.50. The van der Waals surface area contributed by atoms with Crippen LogP contribution in [0.3, 0.4) is 0 Å². The number of fused-ring (bicyclic) bond motifs is 1. The Kier molecular flexibility index (Phi) is 5.41. The molecule has 1 aliphatic heterocycles. The summed E-state index contributed by atoms with van der Waals surface area (Å²) < 4.78 is 15.8. The normalized spacial score (nSPS) is 12.5. The number of carbonyl (C=O) groups excluding carboxylic acids is 3. The van der Waals surface area contributed by atoms with Gasteiger partial charge in [-0.3, -0.25) is 14.5 Å². The Balaban J connectivity index is 1.57. The highest BCUT2D eigenvalue weighted by Gasteiger charge is 2.35. The minimum Gasteiger partial charge on any atom is -0.497 e. The highest BCUT2D eigenvalue weighted by atomic mass is 16.5. The molecule has 7 heteroatoms. The minimum absolute atomic E-state index is 0.0269. The van der Waals surface area contributed by atoms with Crippen molar-refractivity contribution in [2.24, 2.45) is 0 Å². The van der Waals surface area contributed by atoms with E-state index in [2.05, 4.69) is 0 Å². The van der Waals surface area contributed by atoms with Crippen LogP contribution in [-0.2, 0) is 6.54 Å². The number of ether oxygens (including phenoxy) is 3. The molecule has 3 aromatic carbocycles. The number of amides is 2. The molecule has 7 nitrogen and oxygen atoms in total. The minimum atomic E-state index is -0.619. The van der Waals surface area contributed by atoms with Gasteiger partial charge in [0.25, 0.3) is 11.8 Å². The maximum atomic E-state index is 12.8. The van der Waals surface area contributed by atoms with Crippen molar-refractivity contribution in [3.63, 3.8) is 0 Å². The number of hydrogen-bond donors (Lipinski definition) is 0. The van der Waals surface area contributed by atoms with Crippen LogP contribution in [0.1, 0.15) is 36.6 Å². The molecule has 0 saturated carbocycles. The Morgan fingerprint density at radius 1 is 0.806 bits per heavy atom. The topological polar surface area (TPSA) is 82.1 Å². The van der Waals surface area contributed by atoms with Crippen LogP contribution < -0.4 is 14.2 Å². The molecule has 1 heterocycles. The molecule has 2 amide bonds. The van der Waals surface area contributed by atoms with Crippen LogP contribution in [0, 0.1) is 0 Å². The quantitative estimate of drug-likeness (QED) is 0.345. The molecular formula is C24H19NO6. The fourth-order valence-corrected chi connectivity index (χ4v) is 3.38.